The van der Waals surface area contributed by atoms with Gasteiger partial charge in [-0.05, 0) is 37.3 Å². The van der Waals surface area contributed by atoms with Crippen molar-refractivity contribution in [2.45, 2.75) is 20.0 Å². The van der Waals surface area contributed by atoms with Gasteiger partial charge in [-0.3, -0.25) is 9.89 Å². The molecule has 1 N–H and O–H groups in total. The second-order valence-electron chi connectivity index (χ2n) is 6.29. The fourth-order valence-corrected chi connectivity index (χ4v) is 3.81. The Labute approximate surface area is 161 Å². The number of H-pyrrole nitrogens is 1. The molecule has 0 bridgehead atoms. The van der Waals surface area contributed by atoms with Crippen LogP contribution in [0.15, 0.2) is 71.3 Å². The van der Waals surface area contributed by atoms with Crippen molar-refractivity contribution in [3.05, 3.63) is 88.1 Å². The first kappa shape index (κ1) is 17.3. The predicted molar refractivity (Wildman–Crippen MR) is 105 cm³/mol. The Kier molecular flexibility index (Phi) is 4.89. The number of hydrogen-bond acceptors (Lipinski definition) is 4. The van der Waals surface area contributed by atoms with Gasteiger partial charge >= 0.3 is 0 Å². The summed E-state index contributed by atoms with van der Waals surface area (Å²) in [6.07, 6.45) is 1.62. The van der Waals surface area contributed by atoms with Gasteiger partial charge in [0, 0.05) is 15.3 Å². The molecule has 1 aromatic carbocycles. The molecule has 27 heavy (non-hydrogen) atoms. The summed E-state index contributed by atoms with van der Waals surface area (Å²) < 4.78 is 5.45. The van der Waals surface area contributed by atoms with Crippen LogP contribution in [0.2, 0.25) is 0 Å². The number of aromatic nitrogens is 2. The molecule has 0 saturated heterocycles. The first-order chi connectivity index (χ1) is 13.2. The number of thiophene rings is 1. The van der Waals surface area contributed by atoms with Crippen LogP contribution in [-0.2, 0) is 13.1 Å². The highest BCUT2D eigenvalue weighted by molar-refractivity contribution is 7.11. The van der Waals surface area contributed by atoms with Gasteiger partial charge in [-0.1, -0.05) is 30.3 Å². The van der Waals surface area contributed by atoms with E-state index in [-0.39, 0.29) is 5.91 Å². The van der Waals surface area contributed by atoms with Crippen molar-refractivity contribution >= 4 is 17.2 Å². The maximum Gasteiger partial charge on any atom is 0.272 e. The van der Waals surface area contributed by atoms with E-state index >= 15 is 0 Å². The number of rotatable bonds is 6. The van der Waals surface area contributed by atoms with Crippen LogP contribution in [-0.4, -0.2) is 21.0 Å². The highest BCUT2D eigenvalue weighted by Crippen LogP contribution is 2.22. The van der Waals surface area contributed by atoms with E-state index in [1.54, 1.807) is 28.6 Å². The SMILES string of the molecule is Cc1ccc(CN(Cc2ccco2)C(=O)c2cc(-c3ccccc3)n[nH]2)s1. The second-order valence-corrected chi connectivity index (χ2v) is 7.66. The van der Waals surface area contributed by atoms with Gasteiger partial charge in [0.05, 0.1) is 25.0 Å². The van der Waals surface area contributed by atoms with E-state index in [1.807, 2.05) is 42.5 Å². The normalized spacial score (nSPS) is 10.9. The number of aryl methyl sites for hydroxylation is 1. The molecular formula is C21H19N3O2S. The Hall–Kier alpha value is -3.12. The number of nitrogens with one attached hydrogen (secondary N) is 1. The minimum absolute atomic E-state index is 0.105. The molecule has 3 heterocycles. The molecule has 4 rings (SSSR count). The van der Waals surface area contributed by atoms with Gasteiger partial charge in [0.15, 0.2) is 0 Å². The van der Waals surface area contributed by atoms with Crippen molar-refractivity contribution in [1.29, 1.82) is 0 Å². The van der Waals surface area contributed by atoms with Crippen LogP contribution < -0.4 is 0 Å². The highest BCUT2D eigenvalue weighted by atomic mass is 32.1. The molecule has 6 heteroatoms. The summed E-state index contributed by atoms with van der Waals surface area (Å²) in [5, 5.41) is 7.19. The Morgan fingerprint density at radius 1 is 1.11 bits per heavy atom. The third-order valence-corrected chi connectivity index (χ3v) is 5.22. The third kappa shape index (κ3) is 4.01. The maximum absolute atomic E-state index is 13.1. The number of benzene rings is 1. The smallest absolute Gasteiger partial charge is 0.272 e. The lowest BCUT2D eigenvalue weighted by Crippen LogP contribution is -2.30. The molecule has 0 atom stereocenters. The first-order valence-corrected chi connectivity index (χ1v) is 9.48. The number of nitrogens with zero attached hydrogens (tertiary/aromatic N) is 2. The lowest BCUT2D eigenvalue weighted by Gasteiger charge is -2.20. The summed E-state index contributed by atoms with van der Waals surface area (Å²) in [5.74, 6) is 0.645. The van der Waals surface area contributed by atoms with E-state index in [0.29, 0.717) is 18.8 Å². The zero-order valence-corrected chi connectivity index (χ0v) is 15.7. The third-order valence-electron chi connectivity index (χ3n) is 4.23. The van der Waals surface area contributed by atoms with Crippen LogP contribution in [0.5, 0.6) is 0 Å². The van der Waals surface area contributed by atoms with Crippen molar-refractivity contribution < 1.29 is 9.21 Å². The van der Waals surface area contributed by atoms with E-state index < -0.39 is 0 Å². The standard InChI is InChI=1S/C21H19N3O2S/c1-15-9-10-18(27-15)14-24(13-17-8-5-11-26-17)21(25)20-12-19(22-23-20)16-6-3-2-4-7-16/h2-12H,13-14H2,1H3,(H,22,23). The molecule has 0 aliphatic carbocycles. The van der Waals surface area contributed by atoms with E-state index in [1.165, 1.54) is 4.88 Å². The molecular weight excluding hydrogens is 358 g/mol. The quantitative estimate of drug-likeness (QED) is 0.521. The molecule has 5 nitrogen and oxygen atoms in total. The number of aromatic amines is 1. The minimum atomic E-state index is -0.105. The monoisotopic (exact) mass is 377 g/mol. The molecule has 0 aliphatic heterocycles. The van der Waals surface area contributed by atoms with Gasteiger partial charge in [-0.25, -0.2) is 0 Å². The van der Waals surface area contributed by atoms with Gasteiger partial charge in [-0.2, -0.15) is 5.10 Å². The fraction of sp³-hybridized carbons (Fsp3) is 0.143. The van der Waals surface area contributed by atoms with Gasteiger partial charge < -0.3 is 9.32 Å². The number of amides is 1. The molecule has 3 aromatic heterocycles. The summed E-state index contributed by atoms with van der Waals surface area (Å²) in [7, 11) is 0. The lowest BCUT2D eigenvalue weighted by atomic mass is 10.1. The van der Waals surface area contributed by atoms with Crippen molar-refractivity contribution in [2.75, 3.05) is 0 Å². The summed E-state index contributed by atoms with van der Waals surface area (Å²) in [4.78, 5) is 17.3. The summed E-state index contributed by atoms with van der Waals surface area (Å²) >= 11 is 1.69. The Morgan fingerprint density at radius 3 is 2.67 bits per heavy atom. The molecule has 0 fully saturated rings. The number of furan rings is 1. The van der Waals surface area contributed by atoms with Crippen LogP contribution in [0, 0.1) is 6.92 Å². The van der Waals surface area contributed by atoms with Crippen molar-refractivity contribution in [3.63, 3.8) is 0 Å². The zero-order valence-electron chi connectivity index (χ0n) is 14.9. The Bertz CT molecular complexity index is 1020. The lowest BCUT2D eigenvalue weighted by molar-refractivity contribution is 0.0713. The van der Waals surface area contributed by atoms with Crippen molar-refractivity contribution in [1.82, 2.24) is 15.1 Å². The largest absolute Gasteiger partial charge is 0.467 e. The van der Waals surface area contributed by atoms with Crippen LogP contribution in [0.25, 0.3) is 11.3 Å². The van der Waals surface area contributed by atoms with Gasteiger partial charge in [-0.15, -0.1) is 11.3 Å². The topological polar surface area (TPSA) is 62.1 Å². The number of carbonyl (C=O) groups excluding carboxylic acids is 1. The molecule has 0 radical (unpaired) electrons. The minimum Gasteiger partial charge on any atom is -0.467 e. The number of hydrogen-bond donors (Lipinski definition) is 1. The summed E-state index contributed by atoms with van der Waals surface area (Å²) in [6.45, 7) is 2.99. The van der Waals surface area contributed by atoms with E-state index in [4.69, 9.17) is 4.42 Å². The second kappa shape index (κ2) is 7.63. The van der Waals surface area contributed by atoms with Gasteiger partial charge in [0.1, 0.15) is 11.5 Å². The highest BCUT2D eigenvalue weighted by Gasteiger charge is 2.21. The molecule has 136 valence electrons. The van der Waals surface area contributed by atoms with E-state index in [2.05, 4.69) is 29.3 Å². The van der Waals surface area contributed by atoms with Crippen LogP contribution in [0.1, 0.15) is 26.0 Å². The van der Waals surface area contributed by atoms with Crippen molar-refractivity contribution in [3.8, 4) is 11.3 Å². The fourth-order valence-electron chi connectivity index (χ4n) is 2.91. The molecule has 1 amide bonds. The van der Waals surface area contributed by atoms with Crippen LogP contribution in [0.4, 0.5) is 0 Å². The molecule has 0 saturated carbocycles. The van der Waals surface area contributed by atoms with Crippen LogP contribution in [0.3, 0.4) is 0 Å². The average molecular weight is 377 g/mol. The van der Waals surface area contributed by atoms with Crippen LogP contribution >= 0.6 is 11.3 Å². The summed E-state index contributed by atoms with van der Waals surface area (Å²) in [6, 6.07) is 19.4. The average Bonchev–Trinajstić information content (AvgIpc) is 3.44. The van der Waals surface area contributed by atoms with Crippen molar-refractivity contribution in [2.24, 2.45) is 0 Å². The van der Waals surface area contributed by atoms with Gasteiger partial charge in [0.25, 0.3) is 5.91 Å². The van der Waals surface area contributed by atoms with E-state index in [0.717, 1.165) is 21.9 Å². The maximum atomic E-state index is 13.1. The molecule has 0 aliphatic rings. The molecule has 0 unspecified atom stereocenters. The Morgan fingerprint density at radius 2 is 1.96 bits per heavy atom. The molecule has 4 aromatic rings. The summed E-state index contributed by atoms with van der Waals surface area (Å²) in [5.41, 5.74) is 2.19. The first-order valence-electron chi connectivity index (χ1n) is 8.67. The Balaban J connectivity index is 1.59. The van der Waals surface area contributed by atoms with E-state index in [9.17, 15) is 4.79 Å². The number of carbonyl (C=O) groups is 1. The van der Waals surface area contributed by atoms with Gasteiger partial charge in [0.2, 0.25) is 0 Å². The predicted octanol–water partition coefficient (Wildman–Crippen LogP) is 4.88. The zero-order chi connectivity index (χ0) is 18.6. The molecule has 0 spiro atoms.